The number of nitrogens with zero attached hydrogens (tertiary/aromatic N) is 4. The zero-order valence-corrected chi connectivity index (χ0v) is 26.1. The summed E-state index contributed by atoms with van der Waals surface area (Å²) in [5.74, 6) is -0.498. The highest BCUT2D eigenvalue weighted by Crippen LogP contribution is 2.49. The Hall–Kier alpha value is -3.88. The van der Waals surface area contributed by atoms with E-state index >= 15 is 4.39 Å². The lowest BCUT2D eigenvalue weighted by Crippen LogP contribution is -2.42. The molecule has 3 heterocycles. The number of anilines is 1. The maximum atomic E-state index is 15.8. The average Bonchev–Trinajstić information content (AvgIpc) is 3.52. The Bertz CT molecular complexity index is 1720. The summed E-state index contributed by atoms with van der Waals surface area (Å²) in [7, 11) is -3.02. The molecule has 0 aliphatic carbocycles. The number of fused-ring (bicyclic) bond motifs is 2. The molecule has 242 valence electrons. The molecule has 4 aromatic rings. The number of hydrogen-bond acceptors (Lipinski definition) is 12. The van der Waals surface area contributed by atoms with Crippen LogP contribution in [0.4, 0.5) is 10.3 Å². The van der Waals surface area contributed by atoms with Gasteiger partial charge in [0.2, 0.25) is 11.8 Å². The number of hydrogen-bond donors (Lipinski definition) is 3. The Morgan fingerprint density at radius 3 is 2.78 bits per heavy atom. The molecule has 6 atom stereocenters. The number of nitrogens with two attached hydrogens (primary N) is 1. The molecule has 0 spiro atoms. The van der Waals surface area contributed by atoms with E-state index in [1.807, 2.05) is 25.1 Å². The zero-order valence-electron chi connectivity index (χ0n) is 25.3. The Morgan fingerprint density at radius 2 is 2.02 bits per heavy atom. The minimum atomic E-state index is -4.40. The van der Waals surface area contributed by atoms with Crippen LogP contribution in [-0.2, 0) is 23.4 Å². The van der Waals surface area contributed by atoms with E-state index in [0.717, 1.165) is 11.8 Å². The third kappa shape index (κ3) is 6.72. The van der Waals surface area contributed by atoms with Gasteiger partial charge in [-0.2, -0.15) is 15.1 Å². The van der Waals surface area contributed by atoms with E-state index in [2.05, 4.69) is 20.0 Å². The van der Waals surface area contributed by atoms with E-state index in [4.69, 9.17) is 29.0 Å². The quantitative estimate of drug-likeness (QED) is 0.107. The minimum Gasteiger partial charge on any atom is -0.479 e. The van der Waals surface area contributed by atoms with Crippen molar-refractivity contribution in [2.24, 2.45) is 0 Å². The molecule has 4 N–H and O–H groups in total. The topological polar surface area (TPSA) is 182 Å². The van der Waals surface area contributed by atoms with Crippen molar-refractivity contribution in [3.8, 4) is 11.6 Å². The van der Waals surface area contributed by atoms with Crippen LogP contribution in [-0.4, -0.2) is 74.8 Å². The Kier molecular flexibility index (Phi) is 9.56. The molecule has 0 saturated carbocycles. The number of unbranched alkanes of at least 4 members (excludes halogenated alkanes) is 1. The van der Waals surface area contributed by atoms with Crippen LogP contribution in [0.3, 0.4) is 0 Å². The molecule has 1 aliphatic rings. The van der Waals surface area contributed by atoms with Crippen LogP contribution in [0, 0.1) is 0 Å². The van der Waals surface area contributed by atoms with Gasteiger partial charge < -0.3 is 29.6 Å². The van der Waals surface area contributed by atoms with Crippen LogP contribution in [0.5, 0.6) is 11.6 Å². The number of rotatable bonds is 13. The summed E-state index contributed by atoms with van der Waals surface area (Å²) in [6.07, 6.45) is -2.03. The van der Waals surface area contributed by atoms with Crippen LogP contribution in [0.2, 0.25) is 0 Å². The lowest BCUT2D eigenvalue weighted by atomic mass is 9.98. The van der Waals surface area contributed by atoms with E-state index in [0.29, 0.717) is 11.8 Å². The number of carbonyl (C=O) groups is 1. The predicted molar refractivity (Wildman–Crippen MR) is 162 cm³/mol. The molecule has 0 amide bonds. The van der Waals surface area contributed by atoms with Crippen LogP contribution >= 0.6 is 7.75 Å². The summed E-state index contributed by atoms with van der Waals surface area (Å²) >= 11 is 0. The van der Waals surface area contributed by atoms with Gasteiger partial charge in [0.15, 0.2) is 23.6 Å². The zero-order chi connectivity index (χ0) is 32.4. The highest BCUT2D eigenvalue weighted by Gasteiger charge is 2.55. The first-order valence-corrected chi connectivity index (χ1v) is 15.9. The Balaban J connectivity index is 1.40. The van der Waals surface area contributed by atoms with Crippen molar-refractivity contribution >= 4 is 41.6 Å². The summed E-state index contributed by atoms with van der Waals surface area (Å²) in [6, 6.07) is 11.3. The van der Waals surface area contributed by atoms with E-state index in [1.54, 1.807) is 24.3 Å². The van der Waals surface area contributed by atoms with Crippen LogP contribution in [0.15, 0.2) is 48.8 Å². The van der Waals surface area contributed by atoms with Crippen molar-refractivity contribution in [1.29, 1.82) is 0 Å². The number of nitrogens with one attached hydrogen (secondary N) is 1. The summed E-state index contributed by atoms with van der Waals surface area (Å²) in [5, 5.41) is 15.3. The molecule has 0 bridgehead atoms. The average molecular weight is 647 g/mol. The summed E-state index contributed by atoms with van der Waals surface area (Å²) in [5.41, 5.74) is 4.06. The lowest BCUT2D eigenvalue weighted by molar-refractivity contribution is -0.145. The smallest absolute Gasteiger partial charge is 0.459 e. The standard InChI is InChI=1S/C29H36FN6O8P/c1-5-6-14-41-26(37)17(2)35-45(39,44-20-13-9-11-18-10-7-8-12-19(18)20)42-15-21-23(30)29(3,38)27(43-21)36-16-32-22-24(36)33-28(31)34-25(22)40-4/h7-13,16-17,21,23,27,38H,5-6,14-15H2,1-4H3,(H,35,39)(H2,31,33,34)/t17-,21+,23+,27+,29+,45?/m0/s1. The van der Waals surface area contributed by atoms with Gasteiger partial charge in [0.25, 0.3) is 0 Å². The number of alkyl halides is 1. The van der Waals surface area contributed by atoms with E-state index in [9.17, 15) is 14.5 Å². The van der Waals surface area contributed by atoms with Crippen molar-refractivity contribution < 1.29 is 42.1 Å². The first kappa shape index (κ1) is 32.5. The van der Waals surface area contributed by atoms with Crippen LogP contribution < -0.4 is 20.1 Å². The van der Waals surface area contributed by atoms with Gasteiger partial charge in [0.1, 0.15) is 23.5 Å². The number of aliphatic hydroxyl groups is 1. The molecule has 1 fully saturated rings. The molecule has 45 heavy (non-hydrogen) atoms. The number of nitrogen functional groups attached to an aromatic ring is 1. The maximum absolute atomic E-state index is 15.8. The van der Waals surface area contributed by atoms with E-state index < -0.39 is 50.5 Å². The fraction of sp³-hybridized carbons (Fsp3) is 0.448. The fourth-order valence-electron chi connectivity index (χ4n) is 4.97. The number of ether oxygens (including phenoxy) is 3. The second kappa shape index (κ2) is 13.2. The van der Waals surface area contributed by atoms with Gasteiger partial charge in [-0.3, -0.25) is 13.9 Å². The fourth-order valence-corrected chi connectivity index (χ4v) is 6.50. The third-order valence-corrected chi connectivity index (χ3v) is 9.00. The molecule has 0 radical (unpaired) electrons. The molecule has 1 unspecified atom stereocenters. The monoisotopic (exact) mass is 646 g/mol. The Morgan fingerprint density at radius 1 is 1.27 bits per heavy atom. The second-order valence-corrected chi connectivity index (χ2v) is 12.5. The van der Waals surface area contributed by atoms with Gasteiger partial charge in [-0.15, -0.1) is 0 Å². The highest BCUT2D eigenvalue weighted by atomic mass is 31.2. The number of aromatic nitrogens is 4. The maximum Gasteiger partial charge on any atom is 0.459 e. The molecular formula is C29H36FN6O8P. The molecule has 5 rings (SSSR count). The molecule has 2 aromatic carbocycles. The molecule has 1 aliphatic heterocycles. The second-order valence-electron chi connectivity index (χ2n) is 10.8. The van der Waals surface area contributed by atoms with Gasteiger partial charge in [-0.05, 0) is 31.7 Å². The number of methoxy groups -OCH3 is 1. The summed E-state index contributed by atoms with van der Waals surface area (Å²) in [6.45, 7) is 4.21. The van der Waals surface area contributed by atoms with Crippen molar-refractivity contribution in [2.75, 3.05) is 26.1 Å². The number of imidazole rings is 1. The summed E-state index contributed by atoms with van der Waals surface area (Å²) < 4.78 is 59.4. The van der Waals surface area contributed by atoms with Gasteiger partial charge >= 0.3 is 13.7 Å². The number of benzene rings is 2. The van der Waals surface area contributed by atoms with Crippen molar-refractivity contribution in [1.82, 2.24) is 24.6 Å². The van der Waals surface area contributed by atoms with Crippen molar-refractivity contribution in [3.63, 3.8) is 0 Å². The molecular weight excluding hydrogens is 610 g/mol. The SMILES string of the molecule is CCCCOC(=O)[C@H](C)NP(=O)(OC[C@H]1O[C@@H](n2cnc3c(OC)nc(N)nc32)[C@](C)(O)[C@@H]1F)Oc1cccc2ccccc12. The predicted octanol–water partition coefficient (Wildman–Crippen LogP) is 4.08. The van der Waals surface area contributed by atoms with Crippen LogP contribution in [0.1, 0.15) is 39.8 Å². The molecule has 16 heteroatoms. The van der Waals surface area contributed by atoms with E-state index in [1.165, 1.54) is 31.9 Å². The van der Waals surface area contributed by atoms with Gasteiger partial charge in [0, 0.05) is 5.39 Å². The first-order chi connectivity index (χ1) is 21.5. The van der Waals surface area contributed by atoms with Crippen molar-refractivity contribution in [2.45, 2.75) is 63.8 Å². The van der Waals surface area contributed by atoms with Crippen molar-refractivity contribution in [3.05, 3.63) is 48.8 Å². The third-order valence-electron chi connectivity index (χ3n) is 7.37. The molecule has 1 saturated heterocycles. The minimum absolute atomic E-state index is 0.0884. The van der Waals surface area contributed by atoms with Gasteiger partial charge in [-0.1, -0.05) is 49.7 Å². The normalized spacial score (nSPS) is 23.6. The largest absolute Gasteiger partial charge is 0.479 e. The lowest BCUT2D eigenvalue weighted by Gasteiger charge is -2.26. The highest BCUT2D eigenvalue weighted by molar-refractivity contribution is 7.52. The van der Waals surface area contributed by atoms with Gasteiger partial charge in [0.05, 0.1) is 26.7 Å². The Labute approximate surface area is 258 Å². The van der Waals surface area contributed by atoms with Gasteiger partial charge in [-0.25, -0.2) is 13.9 Å². The number of halogens is 1. The molecule has 14 nitrogen and oxygen atoms in total. The van der Waals surface area contributed by atoms with Crippen LogP contribution in [0.25, 0.3) is 21.9 Å². The number of carbonyl (C=O) groups excluding carboxylic acids is 1. The van der Waals surface area contributed by atoms with E-state index in [-0.39, 0.29) is 35.3 Å². The first-order valence-electron chi connectivity index (χ1n) is 14.4. The summed E-state index contributed by atoms with van der Waals surface area (Å²) in [4.78, 5) is 25.0. The molecule has 2 aromatic heterocycles. The number of esters is 1.